The van der Waals surface area contributed by atoms with Crippen LogP contribution in [0.25, 0.3) is 11.3 Å². The third kappa shape index (κ3) is 2.79. The molecule has 0 saturated carbocycles. The molecule has 2 heterocycles. The second-order valence-electron chi connectivity index (χ2n) is 4.75. The van der Waals surface area contributed by atoms with Gasteiger partial charge in [-0.2, -0.15) is 0 Å². The van der Waals surface area contributed by atoms with Crippen LogP contribution in [-0.2, 0) is 4.79 Å². The van der Waals surface area contributed by atoms with E-state index in [0.717, 1.165) is 23.6 Å². The highest BCUT2D eigenvalue weighted by Gasteiger charge is 2.18. The third-order valence-corrected chi connectivity index (χ3v) is 3.40. The predicted octanol–water partition coefficient (Wildman–Crippen LogP) is 1.09. The van der Waals surface area contributed by atoms with Crippen molar-refractivity contribution in [3.05, 3.63) is 36.4 Å². The Hall–Kier alpha value is -2.63. The lowest BCUT2D eigenvalue weighted by molar-refractivity contribution is -0.120. The maximum absolute atomic E-state index is 11.4. The molecule has 1 amide bonds. The van der Waals surface area contributed by atoms with E-state index < -0.39 is 0 Å². The summed E-state index contributed by atoms with van der Waals surface area (Å²) in [7, 11) is 1.63. The minimum atomic E-state index is 0.0110. The average Bonchev–Trinajstić information content (AvgIpc) is 2.55. The lowest BCUT2D eigenvalue weighted by Gasteiger charge is -2.27. The fraction of sp³-hybridized carbons (Fsp3) is 0.267. The lowest BCUT2D eigenvalue weighted by Crippen LogP contribution is -2.48. The molecule has 108 valence electrons. The van der Waals surface area contributed by atoms with Gasteiger partial charge in [0.15, 0.2) is 5.82 Å². The highest BCUT2D eigenvalue weighted by molar-refractivity contribution is 5.82. The van der Waals surface area contributed by atoms with Crippen molar-refractivity contribution in [2.75, 3.05) is 31.6 Å². The first-order valence-electron chi connectivity index (χ1n) is 6.76. The molecular formula is C15H16N4O2. The Kier molecular flexibility index (Phi) is 3.68. The van der Waals surface area contributed by atoms with Crippen LogP contribution in [0.15, 0.2) is 36.4 Å². The molecule has 0 bridgehead atoms. The van der Waals surface area contributed by atoms with Gasteiger partial charge in [0.1, 0.15) is 5.75 Å². The zero-order chi connectivity index (χ0) is 14.7. The molecule has 6 nitrogen and oxygen atoms in total. The molecule has 1 aliphatic heterocycles. The Morgan fingerprint density at radius 2 is 2.05 bits per heavy atom. The van der Waals surface area contributed by atoms with Crippen LogP contribution in [0.4, 0.5) is 5.82 Å². The molecule has 2 aromatic rings. The number of aromatic nitrogens is 2. The van der Waals surface area contributed by atoms with Gasteiger partial charge in [0.2, 0.25) is 5.91 Å². The van der Waals surface area contributed by atoms with Gasteiger partial charge >= 0.3 is 0 Å². The summed E-state index contributed by atoms with van der Waals surface area (Å²) in [5, 5.41) is 11.3. The molecule has 0 spiro atoms. The Labute approximate surface area is 122 Å². The molecule has 0 aliphatic carbocycles. The maximum Gasteiger partial charge on any atom is 0.239 e. The Bertz CT molecular complexity index is 642. The number of para-hydroxylation sites is 1. The first-order chi connectivity index (χ1) is 10.3. The second kappa shape index (κ2) is 5.78. The van der Waals surface area contributed by atoms with Gasteiger partial charge in [0.05, 0.1) is 19.3 Å². The number of nitrogens with one attached hydrogen (secondary N) is 1. The summed E-state index contributed by atoms with van der Waals surface area (Å²) < 4.78 is 5.33. The summed E-state index contributed by atoms with van der Waals surface area (Å²) in [6, 6.07) is 11.5. The minimum absolute atomic E-state index is 0.0110. The number of hydrogen-bond donors (Lipinski definition) is 1. The van der Waals surface area contributed by atoms with Gasteiger partial charge < -0.3 is 15.0 Å². The molecule has 0 unspecified atom stereocenters. The number of benzene rings is 1. The Balaban J connectivity index is 1.85. The van der Waals surface area contributed by atoms with E-state index in [1.165, 1.54) is 0 Å². The standard InChI is InChI=1S/C15H16N4O2/c1-21-13-5-3-2-4-11(13)12-6-7-14(18-17-12)19-9-8-16-15(20)10-19/h2-7H,8-10H2,1H3,(H,16,20). The van der Waals surface area contributed by atoms with Crippen molar-refractivity contribution in [3.8, 4) is 17.0 Å². The van der Waals surface area contributed by atoms with E-state index in [-0.39, 0.29) is 5.91 Å². The van der Waals surface area contributed by atoms with Crippen LogP contribution in [0.3, 0.4) is 0 Å². The molecule has 1 aliphatic rings. The molecule has 0 atom stereocenters. The van der Waals surface area contributed by atoms with E-state index in [0.29, 0.717) is 18.9 Å². The molecule has 21 heavy (non-hydrogen) atoms. The van der Waals surface area contributed by atoms with Crippen LogP contribution < -0.4 is 15.0 Å². The summed E-state index contributed by atoms with van der Waals surface area (Å²) in [5.41, 5.74) is 1.65. The Morgan fingerprint density at radius 3 is 2.76 bits per heavy atom. The molecule has 1 saturated heterocycles. The van der Waals surface area contributed by atoms with Gasteiger partial charge in [0.25, 0.3) is 0 Å². The predicted molar refractivity (Wildman–Crippen MR) is 79.2 cm³/mol. The minimum Gasteiger partial charge on any atom is -0.496 e. The molecule has 1 aromatic heterocycles. The van der Waals surface area contributed by atoms with Crippen molar-refractivity contribution >= 4 is 11.7 Å². The number of hydrogen-bond acceptors (Lipinski definition) is 5. The highest BCUT2D eigenvalue weighted by Crippen LogP contribution is 2.28. The van der Waals surface area contributed by atoms with Gasteiger partial charge in [-0.1, -0.05) is 12.1 Å². The van der Waals surface area contributed by atoms with Gasteiger partial charge in [-0.15, -0.1) is 10.2 Å². The number of rotatable bonds is 3. The molecule has 1 fully saturated rings. The van der Waals surface area contributed by atoms with Crippen LogP contribution in [0.2, 0.25) is 0 Å². The van der Waals surface area contributed by atoms with Crippen LogP contribution in [-0.4, -0.2) is 42.8 Å². The smallest absolute Gasteiger partial charge is 0.239 e. The topological polar surface area (TPSA) is 67.3 Å². The monoisotopic (exact) mass is 284 g/mol. The van der Waals surface area contributed by atoms with Crippen LogP contribution >= 0.6 is 0 Å². The number of carbonyl (C=O) groups excluding carboxylic acids is 1. The van der Waals surface area contributed by atoms with Crippen molar-refractivity contribution in [2.24, 2.45) is 0 Å². The van der Waals surface area contributed by atoms with Crippen LogP contribution in [0, 0.1) is 0 Å². The molecule has 1 N–H and O–H groups in total. The summed E-state index contributed by atoms with van der Waals surface area (Å²) in [6.45, 7) is 1.70. The van der Waals surface area contributed by atoms with Crippen molar-refractivity contribution in [1.29, 1.82) is 0 Å². The molecule has 6 heteroatoms. The summed E-state index contributed by atoms with van der Waals surface area (Å²) >= 11 is 0. The first kappa shape index (κ1) is 13.4. The average molecular weight is 284 g/mol. The zero-order valence-electron chi connectivity index (χ0n) is 11.7. The largest absolute Gasteiger partial charge is 0.496 e. The number of methoxy groups -OCH3 is 1. The number of amides is 1. The van der Waals surface area contributed by atoms with E-state index in [2.05, 4.69) is 15.5 Å². The fourth-order valence-electron chi connectivity index (χ4n) is 2.33. The number of piperazine rings is 1. The van der Waals surface area contributed by atoms with E-state index in [9.17, 15) is 4.79 Å². The summed E-state index contributed by atoms with van der Waals surface area (Å²) in [5.74, 6) is 1.48. The molecular weight excluding hydrogens is 268 g/mol. The van der Waals surface area contributed by atoms with Gasteiger partial charge in [-0.25, -0.2) is 0 Å². The number of ether oxygens (including phenoxy) is 1. The number of nitrogens with zero attached hydrogens (tertiary/aromatic N) is 3. The quantitative estimate of drug-likeness (QED) is 0.914. The van der Waals surface area contributed by atoms with Crippen molar-refractivity contribution < 1.29 is 9.53 Å². The normalized spacial score (nSPS) is 14.7. The van der Waals surface area contributed by atoms with Crippen molar-refractivity contribution in [3.63, 3.8) is 0 Å². The fourth-order valence-corrected chi connectivity index (χ4v) is 2.33. The summed E-state index contributed by atoms with van der Waals surface area (Å²) in [6.07, 6.45) is 0. The van der Waals surface area contributed by atoms with Gasteiger partial charge in [-0.05, 0) is 24.3 Å². The van der Waals surface area contributed by atoms with Gasteiger partial charge in [-0.3, -0.25) is 4.79 Å². The SMILES string of the molecule is COc1ccccc1-c1ccc(N2CCNC(=O)C2)nn1. The first-order valence-corrected chi connectivity index (χ1v) is 6.76. The van der Waals surface area contributed by atoms with E-state index in [1.807, 2.05) is 41.3 Å². The zero-order valence-corrected chi connectivity index (χ0v) is 11.7. The number of carbonyl (C=O) groups is 1. The lowest BCUT2D eigenvalue weighted by atomic mass is 10.1. The second-order valence-corrected chi connectivity index (χ2v) is 4.75. The summed E-state index contributed by atoms with van der Waals surface area (Å²) in [4.78, 5) is 13.3. The van der Waals surface area contributed by atoms with Crippen molar-refractivity contribution in [1.82, 2.24) is 15.5 Å². The Morgan fingerprint density at radius 1 is 1.19 bits per heavy atom. The van der Waals surface area contributed by atoms with E-state index in [4.69, 9.17) is 4.74 Å². The van der Waals surface area contributed by atoms with E-state index in [1.54, 1.807) is 7.11 Å². The molecule has 0 radical (unpaired) electrons. The highest BCUT2D eigenvalue weighted by atomic mass is 16.5. The van der Waals surface area contributed by atoms with Crippen LogP contribution in [0.1, 0.15) is 0 Å². The number of anilines is 1. The molecule has 1 aromatic carbocycles. The van der Waals surface area contributed by atoms with E-state index >= 15 is 0 Å². The maximum atomic E-state index is 11.4. The van der Waals surface area contributed by atoms with Crippen molar-refractivity contribution in [2.45, 2.75) is 0 Å². The molecule has 3 rings (SSSR count). The third-order valence-electron chi connectivity index (χ3n) is 3.40. The van der Waals surface area contributed by atoms with Crippen LogP contribution in [0.5, 0.6) is 5.75 Å². The van der Waals surface area contributed by atoms with Gasteiger partial charge in [0, 0.05) is 18.7 Å².